The lowest BCUT2D eigenvalue weighted by Crippen LogP contribution is -2.41. The summed E-state index contributed by atoms with van der Waals surface area (Å²) >= 11 is 5.75. The van der Waals surface area contributed by atoms with Gasteiger partial charge in [0, 0.05) is 18.5 Å². The molecular weight excluding hydrogens is 266 g/mol. The van der Waals surface area contributed by atoms with E-state index in [0.29, 0.717) is 12.4 Å². The average molecular weight is 286 g/mol. The molecule has 0 bridgehead atoms. The maximum atomic E-state index is 12.5. The summed E-state index contributed by atoms with van der Waals surface area (Å²) in [5.41, 5.74) is -0.0560. The first kappa shape index (κ1) is 15.6. The van der Waals surface area contributed by atoms with E-state index in [2.05, 4.69) is 0 Å². The molecule has 0 aliphatic rings. The van der Waals surface area contributed by atoms with E-state index in [1.54, 1.807) is 4.90 Å². The highest BCUT2D eigenvalue weighted by atomic mass is 35.5. The maximum absolute atomic E-state index is 12.5. The normalized spacial score (nSPS) is 10.7. The fourth-order valence-electron chi connectivity index (χ4n) is 2.16. The number of halogens is 1. The molecule has 0 saturated heterocycles. The molecule has 19 heavy (non-hydrogen) atoms. The van der Waals surface area contributed by atoms with E-state index in [0.717, 1.165) is 12.8 Å². The van der Waals surface area contributed by atoms with E-state index in [-0.39, 0.29) is 29.0 Å². The molecule has 5 heteroatoms. The molecular formula is C14H20ClNO3. The van der Waals surface area contributed by atoms with Crippen molar-refractivity contribution in [2.24, 2.45) is 0 Å². The lowest BCUT2D eigenvalue weighted by molar-refractivity contribution is 0.0675. The average Bonchev–Trinajstić information content (AvgIpc) is 2.38. The van der Waals surface area contributed by atoms with Crippen LogP contribution in [0.5, 0.6) is 11.5 Å². The molecule has 0 atom stereocenters. The Morgan fingerprint density at radius 1 is 1.26 bits per heavy atom. The molecule has 0 unspecified atom stereocenters. The Hall–Kier alpha value is -1.42. The van der Waals surface area contributed by atoms with Crippen molar-refractivity contribution in [3.8, 4) is 11.5 Å². The summed E-state index contributed by atoms with van der Waals surface area (Å²) in [6.45, 7) is 4.38. The minimum Gasteiger partial charge on any atom is -0.507 e. The van der Waals surface area contributed by atoms with Crippen LogP contribution < -0.4 is 0 Å². The number of aromatic hydroxyl groups is 2. The molecule has 0 heterocycles. The number of amides is 1. The first-order valence-corrected chi connectivity index (χ1v) is 6.98. The van der Waals surface area contributed by atoms with Crippen molar-refractivity contribution in [3.63, 3.8) is 0 Å². The number of phenols is 2. The molecule has 0 aliphatic carbocycles. The highest BCUT2D eigenvalue weighted by Crippen LogP contribution is 2.28. The number of hydrogen-bond acceptors (Lipinski definition) is 3. The second-order valence-corrected chi connectivity index (χ2v) is 4.71. The Morgan fingerprint density at radius 3 is 2.21 bits per heavy atom. The predicted molar refractivity (Wildman–Crippen MR) is 75.9 cm³/mol. The van der Waals surface area contributed by atoms with Gasteiger partial charge in [-0.2, -0.15) is 0 Å². The van der Waals surface area contributed by atoms with Gasteiger partial charge in [-0.1, -0.05) is 19.9 Å². The van der Waals surface area contributed by atoms with Crippen LogP contribution >= 0.6 is 11.6 Å². The van der Waals surface area contributed by atoms with Gasteiger partial charge < -0.3 is 15.1 Å². The van der Waals surface area contributed by atoms with Crippen molar-refractivity contribution in [3.05, 3.63) is 23.8 Å². The standard InChI is InChI=1S/C14H20ClNO3/c1-3-10(4-2)16(9-8-15)14(19)13-11(17)6-5-7-12(13)18/h5-7,10,17-18H,3-4,8-9H2,1-2H3. The number of carbonyl (C=O) groups excluding carboxylic acids is 1. The molecule has 4 nitrogen and oxygen atoms in total. The van der Waals surface area contributed by atoms with Gasteiger partial charge in [0.15, 0.2) is 0 Å². The first-order chi connectivity index (χ1) is 9.06. The zero-order valence-corrected chi connectivity index (χ0v) is 12.0. The summed E-state index contributed by atoms with van der Waals surface area (Å²) in [5, 5.41) is 19.5. The number of alkyl halides is 1. The summed E-state index contributed by atoms with van der Waals surface area (Å²) in [6.07, 6.45) is 1.60. The quantitative estimate of drug-likeness (QED) is 0.790. The van der Waals surface area contributed by atoms with Crippen molar-refractivity contribution in [1.82, 2.24) is 4.90 Å². The second kappa shape index (κ2) is 7.24. The molecule has 1 aromatic carbocycles. The highest BCUT2D eigenvalue weighted by molar-refractivity contribution is 6.18. The Kier molecular flexibility index (Phi) is 5.96. The molecule has 0 saturated carbocycles. The van der Waals surface area contributed by atoms with Crippen molar-refractivity contribution in [2.75, 3.05) is 12.4 Å². The first-order valence-electron chi connectivity index (χ1n) is 6.44. The Morgan fingerprint density at radius 2 is 1.79 bits per heavy atom. The summed E-state index contributed by atoms with van der Waals surface area (Å²) in [7, 11) is 0. The van der Waals surface area contributed by atoms with E-state index in [1.807, 2.05) is 13.8 Å². The van der Waals surface area contributed by atoms with Gasteiger partial charge >= 0.3 is 0 Å². The predicted octanol–water partition coefficient (Wildman–Crippen LogP) is 2.97. The van der Waals surface area contributed by atoms with Gasteiger partial charge in [0.2, 0.25) is 0 Å². The third-order valence-corrected chi connectivity index (χ3v) is 3.37. The van der Waals surface area contributed by atoms with Crippen LogP contribution in [-0.2, 0) is 0 Å². The third kappa shape index (κ3) is 3.53. The van der Waals surface area contributed by atoms with Crippen LogP contribution in [-0.4, -0.2) is 39.5 Å². The summed E-state index contributed by atoms with van der Waals surface area (Å²) < 4.78 is 0. The molecule has 0 radical (unpaired) electrons. The summed E-state index contributed by atoms with van der Waals surface area (Å²) in [5.74, 6) is -0.493. The lowest BCUT2D eigenvalue weighted by Gasteiger charge is -2.30. The minimum atomic E-state index is -0.384. The summed E-state index contributed by atoms with van der Waals surface area (Å²) in [4.78, 5) is 14.1. The second-order valence-electron chi connectivity index (χ2n) is 4.33. The molecule has 1 aromatic rings. The highest BCUT2D eigenvalue weighted by Gasteiger charge is 2.26. The molecule has 0 fully saturated rings. The molecule has 106 valence electrons. The van der Waals surface area contributed by atoms with Crippen LogP contribution in [0.1, 0.15) is 37.0 Å². The van der Waals surface area contributed by atoms with E-state index in [1.165, 1.54) is 18.2 Å². The zero-order chi connectivity index (χ0) is 14.4. The van der Waals surface area contributed by atoms with Crippen LogP contribution in [0, 0.1) is 0 Å². The molecule has 0 aliphatic heterocycles. The zero-order valence-electron chi connectivity index (χ0n) is 11.3. The number of carbonyl (C=O) groups is 1. The summed E-state index contributed by atoms with van der Waals surface area (Å²) in [6, 6.07) is 4.31. The number of phenolic OH excluding ortho intramolecular Hbond substituents is 2. The lowest BCUT2D eigenvalue weighted by atomic mass is 10.1. The molecule has 0 aromatic heterocycles. The van der Waals surface area contributed by atoms with Gasteiger partial charge in [-0.3, -0.25) is 4.79 Å². The Bertz CT molecular complexity index is 412. The number of hydrogen-bond donors (Lipinski definition) is 2. The van der Waals surface area contributed by atoms with Crippen molar-refractivity contribution < 1.29 is 15.0 Å². The molecule has 2 N–H and O–H groups in total. The smallest absolute Gasteiger partial charge is 0.261 e. The Labute approximate surface area is 118 Å². The van der Waals surface area contributed by atoms with Crippen LogP contribution in [0.15, 0.2) is 18.2 Å². The van der Waals surface area contributed by atoms with Crippen LogP contribution in [0.4, 0.5) is 0 Å². The van der Waals surface area contributed by atoms with Crippen molar-refractivity contribution in [1.29, 1.82) is 0 Å². The Balaban J connectivity index is 3.12. The fourth-order valence-corrected chi connectivity index (χ4v) is 2.34. The van der Waals surface area contributed by atoms with Crippen molar-refractivity contribution >= 4 is 17.5 Å². The topological polar surface area (TPSA) is 60.8 Å². The van der Waals surface area contributed by atoms with E-state index < -0.39 is 0 Å². The van der Waals surface area contributed by atoms with Gasteiger partial charge in [0.1, 0.15) is 17.1 Å². The molecule has 0 spiro atoms. The van der Waals surface area contributed by atoms with Gasteiger partial charge in [0.25, 0.3) is 5.91 Å². The monoisotopic (exact) mass is 285 g/mol. The van der Waals surface area contributed by atoms with Gasteiger partial charge in [-0.15, -0.1) is 11.6 Å². The van der Waals surface area contributed by atoms with E-state index in [4.69, 9.17) is 11.6 Å². The third-order valence-electron chi connectivity index (χ3n) is 3.20. The minimum absolute atomic E-state index is 0.0465. The van der Waals surface area contributed by atoms with Crippen molar-refractivity contribution in [2.45, 2.75) is 32.7 Å². The largest absolute Gasteiger partial charge is 0.507 e. The van der Waals surface area contributed by atoms with Gasteiger partial charge in [-0.05, 0) is 25.0 Å². The van der Waals surface area contributed by atoms with E-state index in [9.17, 15) is 15.0 Å². The van der Waals surface area contributed by atoms with Crippen LogP contribution in [0.2, 0.25) is 0 Å². The van der Waals surface area contributed by atoms with Gasteiger partial charge in [0.05, 0.1) is 0 Å². The van der Waals surface area contributed by atoms with Crippen LogP contribution in [0.25, 0.3) is 0 Å². The van der Waals surface area contributed by atoms with Crippen LogP contribution in [0.3, 0.4) is 0 Å². The number of rotatable bonds is 6. The number of benzene rings is 1. The SMILES string of the molecule is CCC(CC)N(CCCl)C(=O)c1c(O)cccc1O. The number of nitrogens with zero attached hydrogens (tertiary/aromatic N) is 1. The molecule has 1 rings (SSSR count). The molecule has 1 amide bonds. The van der Waals surface area contributed by atoms with Gasteiger partial charge in [-0.25, -0.2) is 0 Å². The maximum Gasteiger partial charge on any atom is 0.261 e. The van der Waals surface area contributed by atoms with E-state index >= 15 is 0 Å². The fraction of sp³-hybridized carbons (Fsp3) is 0.500.